The molecule has 0 saturated heterocycles. The van der Waals surface area contributed by atoms with Gasteiger partial charge in [-0.25, -0.2) is 4.98 Å². The van der Waals surface area contributed by atoms with Crippen molar-refractivity contribution in [2.75, 3.05) is 19.6 Å². The highest BCUT2D eigenvalue weighted by Crippen LogP contribution is 2.22. The Morgan fingerprint density at radius 2 is 2.25 bits per heavy atom. The second kappa shape index (κ2) is 6.42. The fourth-order valence-electron chi connectivity index (χ4n) is 3.18. The van der Waals surface area contributed by atoms with Crippen molar-refractivity contribution in [1.29, 1.82) is 0 Å². The first-order chi connectivity index (χ1) is 11.7. The summed E-state index contributed by atoms with van der Waals surface area (Å²) in [5.74, 6) is 1.02. The number of nitrogens with zero attached hydrogens (tertiary/aromatic N) is 4. The zero-order valence-electron chi connectivity index (χ0n) is 13.7. The normalized spacial score (nSPS) is 15.8. The van der Waals surface area contributed by atoms with Crippen molar-refractivity contribution in [3.63, 3.8) is 0 Å². The number of benzene rings is 1. The fraction of sp³-hybridized carbons (Fsp3) is 0.333. The van der Waals surface area contributed by atoms with E-state index < -0.39 is 0 Å². The van der Waals surface area contributed by atoms with E-state index in [1.54, 1.807) is 0 Å². The van der Waals surface area contributed by atoms with Gasteiger partial charge >= 0.3 is 0 Å². The van der Waals surface area contributed by atoms with E-state index >= 15 is 0 Å². The predicted octanol–water partition coefficient (Wildman–Crippen LogP) is 3.28. The van der Waals surface area contributed by atoms with E-state index in [0.29, 0.717) is 0 Å². The summed E-state index contributed by atoms with van der Waals surface area (Å²) < 4.78 is 1.86. The maximum absolute atomic E-state index is 6.02. The van der Waals surface area contributed by atoms with Gasteiger partial charge in [-0.3, -0.25) is 9.58 Å². The van der Waals surface area contributed by atoms with Crippen LogP contribution in [0.5, 0.6) is 0 Å². The summed E-state index contributed by atoms with van der Waals surface area (Å²) in [4.78, 5) is 10.5. The Morgan fingerprint density at radius 1 is 1.33 bits per heavy atom. The van der Waals surface area contributed by atoms with Crippen LogP contribution in [0.2, 0.25) is 5.02 Å². The highest BCUT2D eigenvalue weighted by molar-refractivity contribution is 6.31. The standard InChI is InChI=1S/C18H20ClN5/c1-23-12-14(11-20-23)13-4-7-24(8-5-13)9-6-18-21-16-3-2-15(19)10-17(16)22-18/h2-4,10-12H,5-9H2,1H3,(H,21,22). The fourth-order valence-corrected chi connectivity index (χ4v) is 3.35. The van der Waals surface area contributed by atoms with Gasteiger partial charge in [0.1, 0.15) is 5.82 Å². The van der Waals surface area contributed by atoms with Crippen LogP contribution >= 0.6 is 11.6 Å². The highest BCUT2D eigenvalue weighted by Gasteiger charge is 2.14. The molecule has 0 unspecified atom stereocenters. The Kier molecular flexibility index (Phi) is 4.12. The van der Waals surface area contributed by atoms with Gasteiger partial charge in [-0.15, -0.1) is 0 Å². The van der Waals surface area contributed by atoms with Gasteiger partial charge in [0, 0.05) is 49.9 Å². The minimum atomic E-state index is 0.738. The number of halogens is 1. The maximum Gasteiger partial charge on any atom is 0.108 e. The number of hydrogen-bond acceptors (Lipinski definition) is 3. The van der Waals surface area contributed by atoms with Gasteiger partial charge in [0.2, 0.25) is 0 Å². The molecule has 5 nitrogen and oxygen atoms in total. The largest absolute Gasteiger partial charge is 0.342 e. The summed E-state index contributed by atoms with van der Waals surface area (Å²) in [7, 11) is 1.96. The van der Waals surface area contributed by atoms with Crippen LogP contribution in [-0.2, 0) is 13.5 Å². The molecule has 0 aliphatic carbocycles. The van der Waals surface area contributed by atoms with E-state index in [9.17, 15) is 0 Å². The molecule has 0 bridgehead atoms. The molecule has 4 rings (SSSR count). The van der Waals surface area contributed by atoms with Crippen molar-refractivity contribution in [2.24, 2.45) is 7.05 Å². The Labute approximate surface area is 145 Å². The average Bonchev–Trinajstić information content (AvgIpc) is 3.19. The molecule has 2 aromatic heterocycles. The number of aryl methyl sites for hydroxylation is 1. The molecule has 3 heterocycles. The first kappa shape index (κ1) is 15.4. The molecule has 1 aliphatic heterocycles. The van der Waals surface area contributed by atoms with Crippen LogP contribution < -0.4 is 0 Å². The number of rotatable bonds is 4. The topological polar surface area (TPSA) is 49.7 Å². The zero-order chi connectivity index (χ0) is 16.5. The van der Waals surface area contributed by atoms with Gasteiger partial charge in [-0.2, -0.15) is 5.10 Å². The average molecular weight is 342 g/mol. The maximum atomic E-state index is 6.02. The Balaban J connectivity index is 1.37. The van der Waals surface area contributed by atoms with Crippen LogP contribution in [0.25, 0.3) is 16.6 Å². The number of nitrogens with one attached hydrogen (secondary N) is 1. The van der Waals surface area contributed by atoms with E-state index in [1.807, 2.05) is 36.1 Å². The number of aromatic amines is 1. The molecule has 124 valence electrons. The molecule has 0 fully saturated rings. The van der Waals surface area contributed by atoms with Gasteiger partial charge in [-0.05, 0) is 30.2 Å². The lowest BCUT2D eigenvalue weighted by atomic mass is 10.0. The second-order valence-corrected chi connectivity index (χ2v) is 6.71. The Morgan fingerprint density at radius 3 is 3.00 bits per heavy atom. The van der Waals surface area contributed by atoms with Gasteiger partial charge in [0.25, 0.3) is 0 Å². The molecular formula is C18H20ClN5. The summed E-state index contributed by atoms with van der Waals surface area (Å²) in [5, 5.41) is 4.99. The molecule has 0 atom stereocenters. The molecule has 0 radical (unpaired) electrons. The van der Waals surface area contributed by atoms with Gasteiger partial charge in [0.05, 0.1) is 17.2 Å². The summed E-state index contributed by atoms with van der Waals surface area (Å²) in [5.41, 5.74) is 4.63. The first-order valence-corrected chi connectivity index (χ1v) is 8.60. The number of H-pyrrole nitrogens is 1. The summed E-state index contributed by atoms with van der Waals surface area (Å²) in [6.45, 7) is 3.06. The van der Waals surface area contributed by atoms with Crippen molar-refractivity contribution in [3.8, 4) is 0 Å². The van der Waals surface area contributed by atoms with Gasteiger partial charge in [0.15, 0.2) is 0 Å². The molecule has 1 aliphatic rings. The van der Waals surface area contributed by atoms with Crippen LogP contribution in [-0.4, -0.2) is 44.3 Å². The van der Waals surface area contributed by atoms with Crippen LogP contribution in [0.3, 0.4) is 0 Å². The molecule has 0 amide bonds. The van der Waals surface area contributed by atoms with E-state index in [-0.39, 0.29) is 0 Å². The zero-order valence-corrected chi connectivity index (χ0v) is 14.4. The van der Waals surface area contributed by atoms with Crippen LogP contribution in [0.4, 0.5) is 0 Å². The van der Waals surface area contributed by atoms with Crippen molar-refractivity contribution >= 4 is 28.2 Å². The van der Waals surface area contributed by atoms with Crippen molar-refractivity contribution in [1.82, 2.24) is 24.6 Å². The third-order valence-corrected chi connectivity index (χ3v) is 4.76. The van der Waals surface area contributed by atoms with E-state index in [0.717, 1.165) is 54.4 Å². The summed E-state index contributed by atoms with van der Waals surface area (Å²) in [6.07, 6.45) is 8.34. The lowest BCUT2D eigenvalue weighted by molar-refractivity contribution is 0.304. The van der Waals surface area contributed by atoms with Crippen molar-refractivity contribution < 1.29 is 0 Å². The quantitative estimate of drug-likeness (QED) is 0.792. The number of hydrogen-bond donors (Lipinski definition) is 1. The molecule has 1 N–H and O–H groups in total. The number of imidazole rings is 1. The molecule has 0 spiro atoms. The van der Waals surface area contributed by atoms with Crippen LogP contribution in [0, 0.1) is 0 Å². The van der Waals surface area contributed by atoms with Gasteiger partial charge < -0.3 is 4.98 Å². The predicted molar refractivity (Wildman–Crippen MR) is 97.0 cm³/mol. The second-order valence-electron chi connectivity index (χ2n) is 6.28. The highest BCUT2D eigenvalue weighted by atomic mass is 35.5. The third kappa shape index (κ3) is 3.23. The SMILES string of the molecule is Cn1cc(C2=CCN(CCc3nc4ccc(Cl)cc4[nH]3)CC2)cn1. The number of aromatic nitrogens is 4. The first-order valence-electron chi connectivity index (χ1n) is 8.22. The van der Waals surface area contributed by atoms with Crippen molar-refractivity contribution in [2.45, 2.75) is 12.8 Å². The van der Waals surface area contributed by atoms with Crippen LogP contribution in [0.15, 0.2) is 36.7 Å². The lowest BCUT2D eigenvalue weighted by Gasteiger charge is -2.25. The number of fused-ring (bicyclic) bond motifs is 1. The van der Waals surface area contributed by atoms with Crippen LogP contribution in [0.1, 0.15) is 17.8 Å². The molecular weight excluding hydrogens is 322 g/mol. The summed E-state index contributed by atoms with van der Waals surface area (Å²) >= 11 is 6.02. The Hall–Kier alpha value is -2.11. The lowest BCUT2D eigenvalue weighted by Crippen LogP contribution is -2.30. The molecule has 3 aromatic rings. The molecule has 6 heteroatoms. The molecule has 24 heavy (non-hydrogen) atoms. The van der Waals surface area contributed by atoms with E-state index in [1.165, 1.54) is 11.1 Å². The van der Waals surface area contributed by atoms with Gasteiger partial charge in [-0.1, -0.05) is 17.7 Å². The molecule has 0 saturated carbocycles. The Bertz CT molecular complexity index is 892. The minimum absolute atomic E-state index is 0.738. The van der Waals surface area contributed by atoms with E-state index in [4.69, 9.17) is 11.6 Å². The minimum Gasteiger partial charge on any atom is -0.342 e. The third-order valence-electron chi connectivity index (χ3n) is 4.53. The van der Waals surface area contributed by atoms with E-state index in [2.05, 4.69) is 32.2 Å². The smallest absolute Gasteiger partial charge is 0.108 e. The van der Waals surface area contributed by atoms with Crippen molar-refractivity contribution in [3.05, 3.63) is 53.1 Å². The molecule has 1 aromatic carbocycles. The summed E-state index contributed by atoms with van der Waals surface area (Å²) in [6, 6.07) is 5.77. The monoisotopic (exact) mass is 341 g/mol.